The minimum atomic E-state index is -4.55. The maximum absolute atomic E-state index is 15.3. The van der Waals surface area contributed by atoms with Crippen LogP contribution in [0.3, 0.4) is 0 Å². The highest BCUT2D eigenvalue weighted by Crippen LogP contribution is 2.57. The fraction of sp³-hybridized carbons (Fsp3) is 0.481. The summed E-state index contributed by atoms with van der Waals surface area (Å²) < 4.78 is 103. The van der Waals surface area contributed by atoms with Crippen LogP contribution in [0, 0.1) is 36.3 Å². The summed E-state index contributed by atoms with van der Waals surface area (Å²) in [7, 11) is -3.23. The largest absolute Gasteiger partial charge is 0.490 e. The van der Waals surface area contributed by atoms with E-state index in [1.165, 1.54) is 0 Å². The zero-order valence-corrected chi connectivity index (χ0v) is 22.7. The highest BCUT2D eigenvalue weighted by Gasteiger charge is 2.59. The van der Waals surface area contributed by atoms with Gasteiger partial charge in [-0.25, -0.2) is 17.7 Å². The maximum atomic E-state index is 15.3. The molecule has 2 aliphatic heterocycles. The van der Waals surface area contributed by atoms with Crippen LogP contribution in [-0.4, -0.2) is 26.8 Å². The maximum Gasteiger partial charge on any atom is 0.416 e. The van der Waals surface area contributed by atoms with Crippen molar-refractivity contribution in [2.75, 3.05) is 12.4 Å². The van der Waals surface area contributed by atoms with Crippen LogP contribution < -0.4 is 9.46 Å². The van der Waals surface area contributed by atoms with Crippen LogP contribution in [0.15, 0.2) is 41.3 Å². The predicted octanol–water partition coefficient (Wildman–Crippen LogP) is 6.10. The summed E-state index contributed by atoms with van der Waals surface area (Å²) in [6, 6.07) is 5.73. The highest BCUT2D eigenvalue weighted by atomic mass is 32.2. The van der Waals surface area contributed by atoms with E-state index in [1.807, 2.05) is 13.8 Å². The Morgan fingerprint density at radius 1 is 1.05 bits per heavy atom. The lowest BCUT2D eigenvalue weighted by atomic mass is 9.64. The lowest BCUT2D eigenvalue weighted by molar-refractivity contribution is -0.137. The van der Waals surface area contributed by atoms with Gasteiger partial charge in [0.25, 0.3) is 0 Å². The Kier molecular flexibility index (Phi) is 9.76. The molecule has 0 aromatic heterocycles. The van der Waals surface area contributed by atoms with Gasteiger partial charge in [-0.1, -0.05) is 13.8 Å². The van der Waals surface area contributed by atoms with Gasteiger partial charge in [-0.3, -0.25) is 4.21 Å². The van der Waals surface area contributed by atoms with Gasteiger partial charge in [0.1, 0.15) is 5.82 Å². The summed E-state index contributed by atoms with van der Waals surface area (Å²) in [5.41, 5.74) is -1.00. The fourth-order valence-electron chi connectivity index (χ4n) is 5.73. The van der Waals surface area contributed by atoms with E-state index in [2.05, 4.69) is 17.6 Å². The number of terminal acetylenes is 1. The zero-order valence-electron chi connectivity index (χ0n) is 21.0. The predicted molar refractivity (Wildman–Crippen MR) is 138 cm³/mol. The third kappa shape index (κ3) is 5.40. The molecule has 208 valence electrons. The molecule has 1 saturated carbocycles. The SMILES string of the molecule is C#C.CC.O=S1CCC[C@@H]2C3COc4c(F)ccc(F)c4[C@@]3(S(=O)c3ccc(C(F)(F)F)cc3)CC[C@@H]2N1. The van der Waals surface area contributed by atoms with Crippen molar-refractivity contribution in [3.8, 4) is 18.6 Å². The van der Waals surface area contributed by atoms with Gasteiger partial charge in [-0.05, 0) is 68.0 Å². The zero-order chi connectivity index (χ0) is 28.3. The smallest absolute Gasteiger partial charge is 0.416 e. The number of rotatable bonds is 2. The second-order valence-corrected chi connectivity index (χ2v) is 12.0. The molecule has 3 aliphatic rings. The van der Waals surface area contributed by atoms with Crippen molar-refractivity contribution >= 4 is 21.8 Å². The molecule has 6 atom stereocenters. The van der Waals surface area contributed by atoms with Crippen molar-refractivity contribution in [1.29, 1.82) is 0 Å². The molecule has 38 heavy (non-hydrogen) atoms. The highest BCUT2D eigenvalue weighted by molar-refractivity contribution is 7.86. The van der Waals surface area contributed by atoms with Crippen LogP contribution in [0.25, 0.3) is 0 Å². The lowest BCUT2D eigenvalue weighted by Crippen LogP contribution is -2.58. The monoisotopic (exact) mass is 575 g/mol. The Morgan fingerprint density at radius 2 is 1.68 bits per heavy atom. The topological polar surface area (TPSA) is 55.4 Å². The normalized spacial score (nSPS) is 28.8. The fourth-order valence-corrected chi connectivity index (χ4v) is 8.91. The summed E-state index contributed by atoms with van der Waals surface area (Å²) in [4.78, 5) is 0.109. The van der Waals surface area contributed by atoms with E-state index >= 15 is 4.39 Å². The number of hydrogen-bond donors (Lipinski definition) is 1. The van der Waals surface area contributed by atoms with Crippen LogP contribution in [0.2, 0.25) is 0 Å². The van der Waals surface area contributed by atoms with Crippen LogP contribution in [0.1, 0.15) is 50.7 Å². The van der Waals surface area contributed by atoms with Crippen LogP contribution in [-0.2, 0) is 32.7 Å². The molecule has 1 aliphatic carbocycles. The van der Waals surface area contributed by atoms with Gasteiger partial charge in [-0.15, -0.1) is 12.8 Å². The van der Waals surface area contributed by atoms with Crippen molar-refractivity contribution < 1.29 is 35.1 Å². The van der Waals surface area contributed by atoms with Gasteiger partial charge in [0.15, 0.2) is 11.6 Å². The average molecular weight is 576 g/mol. The van der Waals surface area contributed by atoms with Gasteiger partial charge >= 0.3 is 6.18 Å². The van der Waals surface area contributed by atoms with E-state index in [9.17, 15) is 26.0 Å². The number of nitrogens with one attached hydrogen (secondary N) is 1. The molecule has 0 bridgehead atoms. The number of halogens is 5. The molecule has 2 heterocycles. The molecular formula is C27H30F5NO3S2. The van der Waals surface area contributed by atoms with Crippen molar-refractivity contribution in [2.24, 2.45) is 11.8 Å². The van der Waals surface area contributed by atoms with Crippen LogP contribution in [0.4, 0.5) is 22.0 Å². The number of benzene rings is 2. The third-order valence-electron chi connectivity index (χ3n) is 7.23. The first-order chi connectivity index (χ1) is 18.1. The van der Waals surface area contributed by atoms with Crippen molar-refractivity contribution in [3.05, 3.63) is 59.2 Å². The second-order valence-electron chi connectivity index (χ2n) is 8.95. The van der Waals surface area contributed by atoms with E-state index < -0.39 is 55.8 Å². The van der Waals surface area contributed by atoms with Crippen LogP contribution in [0.5, 0.6) is 5.75 Å². The molecular weight excluding hydrogens is 545 g/mol. The van der Waals surface area contributed by atoms with E-state index in [1.54, 1.807) is 0 Å². The Labute approximate surface area is 224 Å². The number of fused-ring (bicyclic) bond motifs is 5. The summed E-state index contributed by atoms with van der Waals surface area (Å²) >= 11 is 0. The molecule has 1 N–H and O–H groups in total. The molecule has 0 amide bonds. The first-order valence-corrected chi connectivity index (χ1v) is 14.8. The molecule has 2 fully saturated rings. The Morgan fingerprint density at radius 3 is 2.32 bits per heavy atom. The van der Waals surface area contributed by atoms with Crippen molar-refractivity contribution in [2.45, 2.75) is 61.4 Å². The van der Waals surface area contributed by atoms with Crippen molar-refractivity contribution in [3.63, 3.8) is 0 Å². The van der Waals surface area contributed by atoms with E-state index in [0.29, 0.717) is 25.0 Å². The molecule has 0 spiro atoms. The number of hydrogen-bond acceptors (Lipinski definition) is 3. The molecule has 4 nitrogen and oxygen atoms in total. The standard InChI is InChI=1S/C23H22F5NO3S2.C2H6.C2H2/c24-17-7-8-18(25)21-20(17)22(34(31)14-5-3-13(4-6-14)23(26,27)28)10-9-19-15(16(22)12-32-21)2-1-11-33(30)29-19;2*1-2/h3-8,15-16,19,29H,1-2,9-12H2;1-2H3;1-2H/t15-,16?,19+,22-,33?,34?;;/m1../s1. The second kappa shape index (κ2) is 12.3. The summed E-state index contributed by atoms with van der Waals surface area (Å²) in [6.07, 6.45) is 5.30. The summed E-state index contributed by atoms with van der Waals surface area (Å²) in [5.74, 6) is -2.06. The molecule has 11 heteroatoms. The van der Waals surface area contributed by atoms with E-state index in [0.717, 1.165) is 36.4 Å². The molecule has 1 saturated heterocycles. The molecule has 5 rings (SSSR count). The van der Waals surface area contributed by atoms with Crippen LogP contribution >= 0.6 is 0 Å². The Balaban J connectivity index is 0.000000956. The Bertz CT molecular complexity index is 1200. The minimum Gasteiger partial charge on any atom is -0.490 e. The average Bonchev–Trinajstić information content (AvgIpc) is 3.12. The van der Waals surface area contributed by atoms with Crippen molar-refractivity contribution in [1.82, 2.24) is 4.72 Å². The van der Waals surface area contributed by atoms with E-state index in [-0.39, 0.29) is 41.2 Å². The number of ether oxygens (including phenoxy) is 1. The van der Waals surface area contributed by atoms with Gasteiger partial charge in [0, 0.05) is 22.6 Å². The van der Waals surface area contributed by atoms with Gasteiger partial charge in [0.2, 0.25) is 0 Å². The summed E-state index contributed by atoms with van der Waals surface area (Å²) in [5, 5.41) is 0. The molecule has 3 unspecified atom stereocenters. The van der Waals surface area contributed by atoms with Gasteiger partial charge < -0.3 is 4.74 Å². The lowest BCUT2D eigenvalue weighted by Gasteiger charge is -2.52. The Hall–Kier alpha value is -2.29. The molecule has 2 aromatic carbocycles. The minimum absolute atomic E-state index is 0.0186. The summed E-state index contributed by atoms with van der Waals surface area (Å²) in [6.45, 7) is 3.98. The molecule has 2 aromatic rings. The van der Waals surface area contributed by atoms with E-state index in [4.69, 9.17) is 4.74 Å². The first kappa shape index (κ1) is 30.3. The number of alkyl halides is 3. The first-order valence-electron chi connectivity index (χ1n) is 12.3. The quantitative estimate of drug-likeness (QED) is 0.348. The van der Waals surface area contributed by atoms with Gasteiger partial charge in [0.05, 0.1) is 44.3 Å². The third-order valence-corrected chi connectivity index (χ3v) is 10.5. The van der Waals surface area contributed by atoms with Gasteiger partial charge in [-0.2, -0.15) is 13.2 Å². The molecule has 0 radical (unpaired) electrons.